The summed E-state index contributed by atoms with van der Waals surface area (Å²) in [5.41, 5.74) is 1.27. The van der Waals surface area contributed by atoms with Crippen LogP contribution in [0.4, 0.5) is 0 Å². The van der Waals surface area contributed by atoms with Gasteiger partial charge in [-0.15, -0.1) is 0 Å². The van der Waals surface area contributed by atoms with E-state index in [1.165, 1.54) is 0 Å². The summed E-state index contributed by atoms with van der Waals surface area (Å²) in [4.78, 5) is 0. The molecule has 0 amide bonds. The lowest BCUT2D eigenvalue weighted by molar-refractivity contribution is -0.0434. The van der Waals surface area contributed by atoms with E-state index >= 15 is 0 Å². The number of hydrogen-bond acceptors (Lipinski definition) is 4. The number of hydrogen-bond donors (Lipinski definition) is 3. The molecule has 0 aliphatic carbocycles. The molecule has 0 saturated carbocycles. The minimum absolute atomic E-state index is 0.118. The van der Waals surface area contributed by atoms with Gasteiger partial charge < -0.3 is 20.1 Å². The summed E-state index contributed by atoms with van der Waals surface area (Å²) in [6.45, 7) is 2.01. The molecule has 1 aliphatic heterocycles. The summed E-state index contributed by atoms with van der Waals surface area (Å²) in [7, 11) is 0. The number of allylic oxidation sites excluding steroid dienone is 1. The fourth-order valence-corrected chi connectivity index (χ4v) is 2.23. The van der Waals surface area contributed by atoms with Crippen LogP contribution in [-0.2, 0) is 11.3 Å². The van der Waals surface area contributed by atoms with Gasteiger partial charge in [0.05, 0.1) is 24.9 Å². The van der Waals surface area contributed by atoms with Crippen LogP contribution in [0.1, 0.15) is 30.6 Å². The summed E-state index contributed by atoms with van der Waals surface area (Å²) in [5.74, 6) is 0.118. The number of aliphatic hydroxyl groups is 2. The van der Waals surface area contributed by atoms with Gasteiger partial charge in [0.15, 0.2) is 0 Å². The van der Waals surface area contributed by atoms with Gasteiger partial charge in [0.2, 0.25) is 0 Å². The molecule has 0 fully saturated rings. The summed E-state index contributed by atoms with van der Waals surface area (Å²) < 4.78 is 5.57. The number of aliphatic hydroxyl groups excluding tert-OH is 2. The van der Waals surface area contributed by atoms with Gasteiger partial charge in [0, 0.05) is 12.0 Å². The van der Waals surface area contributed by atoms with E-state index in [-0.39, 0.29) is 12.4 Å². The van der Waals surface area contributed by atoms with E-state index < -0.39 is 18.3 Å². The van der Waals surface area contributed by atoms with E-state index in [4.69, 9.17) is 4.74 Å². The van der Waals surface area contributed by atoms with Crippen LogP contribution in [0.3, 0.4) is 0 Å². The lowest BCUT2D eigenvalue weighted by Gasteiger charge is -2.20. The molecule has 3 atom stereocenters. The van der Waals surface area contributed by atoms with Gasteiger partial charge in [-0.2, -0.15) is 0 Å². The molecule has 1 aromatic carbocycles. The molecule has 4 heteroatoms. The van der Waals surface area contributed by atoms with Crippen molar-refractivity contribution in [2.75, 3.05) is 0 Å². The fraction of sp³-hybridized carbons (Fsp3) is 0.429. The zero-order valence-electron chi connectivity index (χ0n) is 10.3. The molecule has 0 spiro atoms. The third kappa shape index (κ3) is 2.56. The Hall–Kier alpha value is -1.36. The molecule has 98 valence electrons. The first-order chi connectivity index (χ1) is 8.63. The predicted molar refractivity (Wildman–Crippen MR) is 67.1 cm³/mol. The molecule has 2 rings (SSSR count). The molecule has 1 unspecified atom stereocenters. The van der Waals surface area contributed by atoms with Crippen molar-refractivity contribution in [2.24, 2.45) is 0 Å². The molecule has 1 aliphatic rings. The van der Waals surface area contributed by atoms with Gasteiger partial charge in [-0.1, -0.05) is 24.3 Å². The normalized spacial score (nSPS) is 25.7. The average molecular weight is 250 g/mol. The highest BCUT2D eigenvalue weighted by molar-refractivity contribution is 5.40. The minimum atomic E-state index is -0.749. The van der Waals surface area contributed by atoms with Crippen LogP contribution >= 0.6 is 0 Å². The summed E-state index contributed by atoms with van der Waals surface area (Å²) in [5, 5.41) is 29.8. The zero-order valence-corrected chi connectivity index (χ0v) is 10.3. The third-order valence-corrected chi connectivity index (χ3v) is 3.21. The van der Waals surface area contributed by atoms with E-state index in [0.29, 0.717) is 17.5 Å². The second-order valence-electron chi connectivity index (χ2n) is 4.46. The first kappa shape index (κ1) is 13.1. The van der Waals surface area contributed by atoms with E-state index in [0.717, 1.165) is 0 Å². The van der Waals surface area contributed by atoms with Gasteiger partial charge in [-0.3, -0.25) is 0 Å². The predicted octanol–water partition coefficient (Wildman–Crippen LogP) is 1.65. The minimum Gasteiger partial charge on any atom is -0.508 e. The van der Waals surface area contributed by atoms with Crippen molar-refractivity contribution in [3.05, 3.63) is 41.5 Å². The molecule has 0 radical (unpaired) electrons. The number of aromatic hydroxyl groups is 1. The maximum atomic E-state index is 10.1. The second-order valence-corrected chi connectivity index (χ2v) is 4.46. The summed E-state index contributed by atoms with van der Waals surface area (Å²) in [6, 6.07) is 5.03. The van der Waals surface area contributed by atoms with Crippen molar-refractivity contribution in [1.82, 2.24) is 0 Å². The lowest BCUT2D eigenvalue weighted by atomic mass is 9.98. The maximum absolute atomic E-state index is 10.1. The van der Waals surface area contributed by atoms with Crippen LogP contribution in [0.2, 0.25) is 0 Å². The quantitative estimate of drug-likeness (QED) is 0.698. The van der Waals surface area contributed by atoms with Crippen LogP contribution in [0.25, 0.3) is 0 Å². The maximum Gasteiger partial charge on any atom is 0.121 e. The third-order valence-electron chi connectivity index (χ3n) is 3.21. The number of rotatable bonds is 2. The van der Waals surface area contributed by atoms with Crippen molar-refractivity contribution in [1.29, 1.82) is 0 Å². The van der Waals surface area contributed by atoms with Gasteiger partial charge >= 0.3 is 0 Å². The molecule has 3 N–H and O–H groups in total. The number of phenolic OH excluding ortho intramolecular Hbond substituents is 1. The Morgan fingerprint density at radius 2 is 2.22 bits per heavy atom. The Bertz CT molecular complexity index is 441. The van der Waals surface area contributed by atoms with Crippen LogP contribution in [0, 0.1) is 0 Å². The van der Waals surface area contributed by atoms with Crippen molar-refractivity contribution in [3.63, 3.8) is 0 Å². The Labute approximate surface area is 106 Å². The number of fused-ring (bicyclic) bond motifs is 1. The Balaban J connectivity index is 2.24. The number of ether oxygens (including phenoxy) is 1. The van der Waals surface area contributed by atoms with Crippen molar-refractivity contribution < 1.29 is 20.1 Å². The Morgan fingerprint density at radius 1 is 1.44 bits per heavy atom. The highest BCUT2D eigenvalue weighted by Crippen LogP contribution is 2.33. The lowest BCUT2D eigenvalue weighted by Crippen LogP contribution is -2.27. The van der Waals surface area contributed by atoms with Crippen LogP contribution < -0.4 is 0 Å². The zero-order chi connectivity index (χ0) is 13.1. The van der Waals surface area contributed by atoms with Crippen LogP contribution in [0.5, 0.6) is 5.75 Å². The van der Waals surface area contributed by atoms with E-state index in [1.54, 1.807) is 30.4 Å². The molecule has 18 heavy (non-hydrogen) atoms. The van der Waals surface area contributed by atoms with E-state index in [2.05, 4.69) is 0 Å². The smallest absolute Gasteiger partial charge is 0.121 e. The Kier molecular flexibility index (Phi) is 4.01. The summed E-state index contributed by atoms with van der Waals surface area (Å²) >= 11 is 0. The topological polar surface area (TPSA) is 69.9 Å². The van der Waals surface area contributed by atoms with Crippen LogP contribution in [0.15, 0.2) is 30.4 Å². The molecular formula is C14H18O4. The largest absolute Gasteiger partial charge is 0.508 e. The highest BCUT2D eigenvalue weighted by Gasteiger charge is 2.28. The van der Waals surface area contributed by atoms with Crippen molar-refractivity contribution in [2.45, 2.75) is 38.3 Å². The first-order valence-corrected chi connectivity index (χ1v) is 6.04. The SMILES string of the molecule is CC=CC(O)[C@@H]1C[C@H](O)c2cccc(O)c2CO1. The van der Waals surface area contributed by atoms with Gasteiger partial charge in [-0.25, -0.2) is 0 Å². The van der Waals surface area contributed by atoms with Crippen molar-refractivity contribution >= 4 is 0 Å². The molecular weight excluding hydrogens is 232 g/mol. The van der Waals surface area contributed by atoms with Crippen LogP contribution in [-0.4, -0.2) is 27.5 Å². The molecule has 1 heterocycles. The molecule has 0 aromatic heterocycles. The standard InChI is InChI=1S/C14H18O4/c1-2-4-12(16)14-7-13(17)9-5-3-6-11(15)10(9)8-18-14/h2-6,12-17H,7-8H2,1H3/t12?,13-,14-/m0/s1. The van der Waals surface area contributed by atoms with E-state index in [1.807, 2.05) is 6.92 Å². The second kappa shape index (κ2) is 5.52. The first-order valence-electron chi connectivity index (χ1n) is 6.04. The monoisotopic (exact) mass is 250 g/mol. The van der Waals surface area contributed by atoms with Crippen molar-refractivity contribution in [3.8, 4) is 5.75 Å². The fourth-order valence-electron chi connectivity index (χ4n) is 2.23. The number of benzene rings is 1. The Morgan fingerprint density at radius 3 is 2.94 bits per heavy atom. The van der Waals surface area contributed by atoms with Gasteiger partial charge in [-0.05, 0) is 18.6 Å². The number of phenols is 1. The highest BCUT2D eigenvalue weighted by atomic mass is 16.5. The van der Waals surface area contributed by atoms with Gasteiger partial charge in [0.25, 0.3) is 0 Å². The molecule has 1 aromatic rings. The molecule has 4 nitrogen and oxygen atoms in total. The average Bonchev–Trinajstić information content (AvgIpc) is 2.51. The molecule has 0 saturated heterocycles. The molecule has 0 bridgehead atoms. The van der Waals surface area contributed by atoms with E-state index in [9.17, 15) is 15.3 Å². The summed E-state index contributed by atoms with van der Waals surface area (Å²) in [6.07, 6.45) is 1.73. The van der Waals surface area contributed by atoms with Gasteiger partial charge in [0.1, 0.15) is 5.75 Å².